The molecule has 0 aliphatic carbocycles. The van der Waals surface area contributed by atoms with Crippen LogP contribution in [-0.2, 0) is 0 Å². The minimum Gasteiger partial charge on any atom is -0.468 e. The number of ether oxygens (including phenoxy) is 1. The van der Waals surface area contributed by atoms with Crippen molar-refractivity contribution in [2.75, 3.05) is 12.4 Å². The maximum Gasteiger partial charge on any atom is 0.298 e. The van der Waals surface area contributed by atoms with Gasteiger partial charge in [0.2, 0.25) is 0 Å². The summed E-state index contributed by atoms with van der Waals surface area (Å²) in [5, 5.41) is 12.2. The van der Waals surface area contributed by atoms with Crippen molar-refractivity contribution in [2.45, 2.75) is 5.92 Å². The number of anilines is 1. The molecule has 2 heterocycles. The van der Waals surface area contributed by atoms with E-state index in [1.165, 1.54) is 7.11 Å². The van der Waals surface area contributed by atoms with E-state index in [4.69, 9.17) is 10.5 Å². The number of hydrogen-bond acceptors (Lipinski definition) is 6. The van der Waals surface area contributed by atoms with E-state index in [0.29, 0.717) is 11.4 Å². The minimum absolute atomic E-state index is 0.0799. The number of hydrogen-bond donors (Lipinski definition) is 3. The smallest absolute Gasteiger partial charge is 0.298 e. The molecule has 0 bridgehead atoms. The average molecular weight is 295 g/mol. The van der Waals surface area contributed by atoms with Crippen LogP contribution in [0.1, 0.15) is 17.0 Å². The van der Waals surface area contributed by atoms with Crippen LogP contribution in [0.2, 0.25) is 0 Å². The second kappa shape index (κ2) is 5.26. The zero-order chi connectivity index (χ0) is 15.7. The first kappa shape index (κ1) is 13.7. The standard InChI is InChI=1S/C15H13N5O2/c1-22-15-19-13-11(14(21)20-15)10(8-5-3-2-4-6-8)9(7-16)12(17)18-13/h2-6,10H,17H2,1H3,(H2,18,19,20,21). The van der Waals surface area contributed by atoms with E-state index >= 15 is 0 Å². The van der Waals surface area contributed by atoms with Crippen LogP contribution in [0.15, 0.2) is 46.5 Å². The largest absolute Gasteiger partial charge is 0.468 e. The van der Waals surface area contributed by atoms with Crippen LogP contribution in [0.25, 0.3) is 0 Å². The Morgan fingerprint density at radius 1 is 1.36 bits per heavy atom. The number of aromatic amines is 1. The first-order chi connectivity index (χ1) is 10.7. The molecule has 2 aromatic rings. The summed E-state index contributed by atoms with van der Waals surface area (Å²) in [7, 11) is 1.40. The first-order valence-corrected chi connectivity index (χ1v) is 6.55. The molecule has 110 valence electrons. The second-order valence-corrected chi connectivity index (χ2v) is 4.75. The van der Waals surface area contributed by atoms with Crippen molar-refractivity contribution in [3.8, 4) is 12.1 Å². The molecule has 1 aliphatic rings. The van der Waals surface area contributed by atoms with Gasteiger partial charge in [-0.1, -0.05) is 30.3 Å². The molecule has 1 atom stereocenters. The van der Waals surface area contributed by atoms with E-state index in [-0.39, 0.29) is 23.0 Å². The van der Waals surface area contributed by atoms with Gasteiger partial charge in [-0.3, -0.25) is 9.78 Å². The molecule has 0 spiro atoms. The van der Waals surface area contributed by atoms with E-state index in [0.717, 1.165) is 5.56 Å². The highest BCUT2D eigenvalue weighted by Gasteiger charge is 2.32. The fourth-order valence-electron chi connectivity index (χ4n) is 2.52. The van der Waals surface area contributed by atoms with Crippen molar-refractivity contribution in [3.63, 3.8) is 0 Å². The van der Waals surface area contributed by atoms with Gasteiger partial charge in [0.25, 0.3) is 11.6 Å². The number of nitrogens with one attached hydrogen (secondary N) is 2. The van der Waals surface area contributed by atoms with E-state index in [2.05, 4.69) is 21.4 Å². The lowest BCUT2D eigenvalue weighted by Crippen LogP contribution is -2.30. The Balaban J connectivity index is 2.29. The Bertz CT molecular complexity index is 848. The summed E-state index contributed by atoms with van der Waals surface area (Å²) in [6.45, 7) is 0. The van der Waals surface area contributed by atoms with Gasteiger partial charge in [0.15, 0.2) is 0 Å². The van der Waals surface area contributed by atoms with Crippen LogP contribution in [0.3, 0.4) is 0 Å². The molecular formula is C15H13N5O2. The average Bonchev–Trinajstić information content (AvgIpc) is 2.54. The quantitative estimate of drug-likeness (QED) is 0.761. The van der Waals surface area contributed by atoms with Crippen LogP contribution < -0.4 is 21.3 Å². The van der Waals surface area contributed by atoms with Gasteiger partial charge in [-0.05, 0) is 5.56 Å². The van der Waals surface area contributed by atoms with Gasteiger partial charge in [0.1, 0.15) is 11.6 Å². The lowest BCUT2D eigenvalue weighted by Gasteiger charge is -2.25. The molecule has 1 aromatic heterocycles. The number of fused-ring (bicyclic) bond motifs is 1. The van der Waals surface area contributed by atoms with Crippen molar-refractivity contribution in [3.05, 3.63) is 63.2 Å². The Kier molecular flexibility index (Phi) is 3.27. The molecule has 7 nitrogen and oxygen atoms in total. The highest BCUT2D eigenvalue weighted by atomic mass is 16.5. The number of rotatable bonds is 2. The Morgan fingerprint density at radius 3 is 2.73 bits per heavy atom. The van der Waals surface area contributed by atoms with Gasteiger partial charge in [0, 0.05) is 0 Å². The zero-order valence-corrected chi connectivity index (χ0v) is 11.8. The number of H-pyrrole nitrogens is 1. The van der Waals surface area contributed by atoms with Crippen molar-refractivity contribution in [1.29, 1.82) is 5.26 Å². The summed E-state index contributed by atoms with van der Waals surface area (Å²) < 4.78 is 4.96. The van der Waals surface area contributed by atoms with Crippen LogP contribution in [0, 0.1) is 11.3 Å². The van der Waals surface area contributed by atoms with Crippen molar-refractivity contribution >= 4 is 5.82 Å². The lowest BCUT2D eigenvalue weighted by molar-refractivity contribution is 0.378. The van der Waals surface area contributed by atoms with Gasteiger partial charge >= 0.3 is 0 Å². The predicted molar refractivity (Wildman–Crippen MR) is 80.1 cm³/mol. The van der Waals surface area contributed by atoms with Gasteiger partial charge in [0.05, 0.1) is 30.2 Å². The van der Waals surface area contributed by atoms with Gasteiger partial charge in [-0.25, -0.2) is 0 Å². The van der Waals surface area contributed by atoms with Gasteiger partial charge in [-0.15, -0.1) is 0 Å². The number of aromatic nitrogens is 2. The monoisotopic (exact) mass is 295 g/mol. The fraction of sp³-hybridized carbons (Fsp3) is 0.133. The Hall–Kier alpha value is -3.27. The third kappa shape index (κ3) is 2.07. The molecular weight excluding hydrogens is 282 g/mol. The fourth-order valence-corrected chi connectivity index (χ4v) is 2.52. The lowest BCUT2D eigenvalue weighted by atomic mass is 9.84. The topological polar surface area (TPSA) is 117 Å². The number of nitriles is 1. The summed E-state index contributed by atoms with van der Waals surface area (Å²) >= 11 is 0. The van der Waals surface area contributed by atoms with Crippen LogP contribution in [-0.4, -0.2) is 17.1 Å². The summed E-state index contributed by atoms with van der Waals surface area (Å²) in [4.78, 5) is 19.1. The van der Waals surface area contributed by atoms with Crippen molar-refractivity contribution in [2.24, 2.45) is 5.73 Å². The molecule has 0 saturated carbocycles. The van der Waals surface area contributed by atoms with Gasteiger partial charge in [-0.2, -0.15) is 10.2 Å². The van der Waals surface area contributed by atoms with Gasteiger partial charge < -0.3 is 15.8 Å². The highest BCUT2D eigenvalue weighted by molar-refractivity contribution is 5.63. The highest BCUT2D eigenvalue weighted by Crippen LogP contribution is 2.37. The number of nitrogens with zero attached hydrogens (tertiary/aromatic N) is 2. The first-order valence-electron chi connectivity index (χ1n) is 6.55. The molecule has 4 N–H and O–H groups in total. The second-order valence-electron chi connectivity index (χ2n) is 4.75. The summed E-state index contributed by atoms with van der Waals surface area (Å²) in [5.74, 6) is -0.0837. The van der Waals surface area contributed by atoms with Crippen LogP contribution >= 0.6 is 0 Å². The summed E-state index contributed by atoms with van der Waals surface area (Å²) in [5.41, 5.74) is 6.98. The maximum atomic E-state index is 12.4. The van der Waals surface area contributed by atoms with E-state index < -0.39 is 5.92 Å². The molecule has 7 heteroatoms. The molecule has 1 unspecified atom stereocenters. The minimum atomic E-state index is -0.565. The molecule has 0 saturated heterocycles. The number of allylic oxidation sites excluding steroid dienone is 1. The summed E-state index contributed by atoms with van der Waals surface area (Å²) in [6.07, 6.45) is 0. The molecule has 1 aromatic carbocycles. The normalized spacial score (nSPS) is 16.5. The third-order valence-corrected chi connectivity index (χ3v) is 3.50. The van der Waals surface area contributed by atoms with Crippen LogP contribution in [0.5, 0.6) is 6.01 Å². The molecule has 0 fully saturated rings. The molecule has 0 radical (unpaired) electrons. The maximum absolute atomic E-state index is 12.4. The molecule has 1 aliphatic heterocycles. The SMILES string of the molecule is COc1nc2c(c(=O)[nH]1)C(c1ccccc1)C(C#N)=C(N)N2. The van der Waals surface area contributed by atoms with Crippen molar-refractivity contribution < 1.29 is 4.74 Å². The van der Waals surface area contributed by atoms with E-state index in [9.17, 15) is 10.1 Å². The van der Waals surface area contributed by atoms with Crippen LogP contribution in [0.4, 0.5) is 5.82 Å². The van der Waals surface area contributed by atoms with E-state index in [1.807, 2.05) is 30.3 Å². The van der Waals surface area contributed by atoms with Crippen molar-refractivity contribution in [1.82, 2.24) is 9.97 Å². The Morgan fingerprint density at radius 2 is 2.09 bits per heavy atom. The molecule has 22 heavy (non-hydrogen) atoms. The number of benzene rings is 1. The Labute approximate surface area is 126 Å². The summed E-state index contributed by atoms with van der Waals surface area (Å²) in [6, 6.07) is 11.4. The molecule has 3 rings (SSSR count). The molecule has 0 amide bonds. The predicted octanol–water partition coefficient (Wildman–Crippen LogP) is 1.03. The van der Waals surface area contributed by atoms with E-state index in [1.54, 1.807) is 0 Å². The number of methoxy groups -OCH3 is 1. The zero-order valence-electron chi connectivity index (χ0n) is 11.8. The number of nitrogens with two attached hydrogens (primary N) is 1. The third-order valence-electron chi connectivity index (χ3n) is 3.50.